The van der Waals surface area contributed by atoms with Gasteiger partial charge in [-0.1, -0.05) is 6.92 Å². The average Bonchev–Trinajstić information content (AvgIpc) is 2.52. The summed E-state index contributed by atoms with van der Waals surface area (Å²) in [7, 11) is 0. The molecule has 2 saturated heterocycles. The van der Waals surface area contributed by atoms with Crippen molar-refractivity contribution < 1.29 is 0 Å². The van der Waals surface area contributed by atoms with E-state index in [1.807, 2.05) is 0 Å². The second-order valence-electron chi connectivity index (χ2n) is 5.94. The summed E-state index contributed by atoms with van der Waals surface area (Å²) in [5, 5.41) is 3.63. The van der Waals surface area contributed by atoms with Gasteiger partial charge in [0.15, 0.2) is 0 Å². The number of nitrogens with zero attached hydrogens (tertiary/aromatic N) is 2. The van der Waals surface area contributed by atoms with Crippen LogP contribution in [0.25, 0.3) is 0 Å². The van der Waals surface area contributed by atoms with Gasteiger partial charge in [0.05, 0.1) is 0 Å². The van der Waals surface area contributed by atoms with Crippen LogP contribution in [0.5, 0.6) is 0 Å². The molecule has 2 aliphatic rings. The quantitative estimate of drug-likeness (QED) is 0.788. The van der Waals surface area contributed by atoms with Crippen molar-refractivity contribution in [3.05, 3.63) is 0 Å². The van der Waals surface area contributed by atoms with Gasteiger partial charge in [-0.25, -0.2) is 0 Å². The highest BCUT2D eigenvalue weighted by molar-refractivity contribution is 4.86. The van der Waals surface area contributed by atoms with E-state index in [1.54, 1.807) is 0 Å². The molecule has 0 aliphatic carbocycles. The van der Waals surface area contributed by atoms with E-state index in [4.69, 9.17) is 0 Å². The second kappa shape index (κ2) is 6.17. The molecule has 3 heteroatoms. The van der Waals surface area contributed by atoms with Crippen LogP contribution in [-0.2, 0) is 0 Å². The Labute approximate surface area is 107 Å². The van der Waals surface area contributed by atoms with Gasteiger partial charge in [0.25, 0.3) is 0 Å². The van der Waals surface area contributed by atoms with Crippen molar-refractivity contribution in [3.8, 4) is 0 Å². The van der Waals surface area contributed by atoms with E-state index < -0.39 is 0 Å². The van der Waals surface area contributed by atoms with Crippen LogP contribution in [0.4, 0.5) is 0 Å². The zero-order valence-corrected chi connectivity index (χ0v) is 11.8. The van der Waals surface area contributed by atoms with Crippen LogP contribution >= 0.6 is 0 Å². The molecule has 0 aromatic carbocycles. The number of likely N-dealkylation sites (tertiary alicyclic amines) is 1. The molecule has 100 valence electrons. The van der Waals surface area contributed by atoms with Crippen LogP contribution in [0.1, 0.15) is 40.0 Å². The lowest BCUT2D eigenvalue weighted by atomic mass is 10.0. The average molecular weight is 239 g/mol. The Morgan fingerprint density at radius 2 is 1.76 bits per heavy atom. The summed E-state index contributed by atoms with van der Waals surface area (Å²) in [4.78, 5) is 5.35. The van der Waals surface area contributed by atoms with Crippen molar-refractivity contribution in [2.24, 2.45) is 0 Å². The van der Waals surface area contributed by atoms with Crippen LogP contribution in [-0.4, -0.2) is 60.6 Å². The van der Waals surface area contributed by atoms with Crippen LogP contribution in [0.3, 0.4) is 0 Å². The topological polar surface area (TPSA) is 18.5 Å². The standard InChI is InChI=1S/C14H29N3/c1-4-16-8-5-6-14(7-9-16)17-10-12(2)15-13(3)11-17/h12-15H,4-11H2,1-3H3. The predicted octanol–water partition coefficient (Wildman–Crippen LogP) is 1.54. The second-order valence-corrected chi connectivity index (χ2v) is 5.94. The Morgan fingerprint density at radius 3 is 2.41 bits per heavy atom. The summed E-state index contributed by atoms with van der Waals surface area (Å²) in [5.74, 6) is 0. The normalized spacial score (nSPS) is 37.9. The van der Waals surface area contributed by atoms with E-state index in [1.165, 1.54) is 52.0 Å². The van der Waals surface area contributed by atoms with Crippen molar-refractivity contribution in [2.75, 3.05) is 32.7 Å². The van der Waals surface area contributed by atoms with Gasteiger partial charge < -0.3 is 10.2 Å². The Balaban J connectivity index is 1.88. The van der Waals surface area contributed by atoms with Crippen LogP contribution in [0.15, 0.2) is 0 Å². The van der Waals surface area contributed by atoms with Gasteiger partial charge in [-0.15, -0.1) is 0 Å². The van der Waals surface area contributed by atoms with E-state index in [0.717, 1.165) is 6.04 Å². The van der Waals surface area contributed by atoms with E-state index in [9.17, 15) is 0 Å². The summed E-state index contributed by atoms with van der Waals surface area (Å²) in [6.07, 6.45) is 4.15. The van der Waals surface area contributed by atoms with Crippen LogP contribution in [0, 0.1) is 0 Å². The van der Waals surface area contributed by atoms with Crippen molar-refractivity contribution in [2.45, 2.75) is 58.2 Å². The first-order valence-corrected chi connectivity index (χ1v) is 7.41. The SMILES string of the molecule is CCN1CCCC(N2CC(C)NC(C)C2)CC1. The van der Waals surface area contributed by atoms with Gasteiger partial charge in [-0.3, -0.25) is 4.90 Å². The molecule has 0 bridgehead atoms. The van der Waals surface area contributed by atoms with Crippen molar-refractivity contribution in [1.29, 1.82) is 0 Å². The molecule has 2 heterocycles. The number of hydrogen-bond donors (Lipinski definition) is 1. The third-order valence-corrected chi connectivity index (χ3v) is 4.34. The third kappa shape index (κ3) is 3.67. The fraction of sp³-hybridized carbons (Fsp3) is 1.00. The fourth-order valence-electron chi connectivity index (χ4n) is 3.49. The molecule has 1 N–H and O–H groups in total. The molecule has 0 saturated carbocycles. The molecular formula is C14H29N3. The first-order valence-electron chi connectivity index (χ1n) is 7.41. The van der Waals surface area contributed by atoms with Crippen LogP contribution in [0.2, 0.25) is 0 Å². The van der Waals surface area contributed by atoms with E-state index in [0.29, 0.717) is 12.1 Å². The smallest absolute Gasteiger partial charge is 0.0169 e. The summed E-state index contributed by atoms with van der Waals surface area (Å²) in [6, 6.07) is 2.15. The summed E-state index contributed by atoms with van der Waals surface area (Å²) in [5.41, 5.74) is 0. The number of nitrogens with one attached hydrogen (secondary N) is 1. The summed E-state index contributed by atoms with van der Waals surface area (Å²) < 4.78 is 0. The van der Waals surface area contributed by atoms with Crippen molar-refractivity contribution in [3.63, 3.8) is 0 Å². The molecule has 0 aromatic heterocycles. The molecule has 17 heavy (non-hydrogen) atoms. The Morgan fingerprint density at radius 1 is 1.06 bits per heavy atom. The first kappa shape index (κ1) is 13.3. The minimum absolute atomic E-state index is 0.657. The van der Waals surface area contributed by atoms with Crippen molar-refractivity contribution >= 4 is 0 Å². The molecule has 0 aromatic rings. The molecule has 3 unspecified atom stereocenters. The molecule has 0 radical (unpaired) electrons. The number of hydrogen-bond acceptors (Lipinski definition) is 3. The fourth-order valence-corrected chi connectivity index (χ4v) is 3.49. The minimum Gasteiger partial charge on any atom is -0.309 e. The monoisotopic (exact) mass is 239 g/mol. The summed E-state index contributed by atoms with van der Waals surface area (Å²) in [6.45, 7) is 13.2. The van der Waals surface area contributed by atoms with Gasteiger partial charge in [0, 0.05) is 31.2 Å². The van der Waals surface area contributed by atoms with Crippen LogP contribution < -0.4 is 5.32 Å². The number of rotatable bonds is 2. The van der Waals surface area contributed by atoms with E-state index in [-0.39, 0.29) is 0 Å². The maximum absolute atomic E-state index is 3.63. The van der Waals surface area contributed by atoms with Gasteiger partial charge >= 0.3 is 0 Å². The van der Waals surface area contributed by atoms with E-state index >= 15 is 0 Å². The molecule has 2 aliphatic heterocycles. The van der Waals surface area contributed by atoms with Gasteiger partial charge in [0.1, 0.15) is 0 Å². The van der Waals surface area contributed by atoms with E-state index in [2.05, 4.69) is 35.9 Å². The highest BCUT2D eigenvalue weighted by Gasteiger charge is 2.28. The molecule has 0 spiro atoms. The molecule has 3 nitrogen and oxygen atoms in total. The Kier molecular flexibility index (Phi) is 4.83. The minimum atomic E-state index is 0.657. The lowest BCUT2D eigenvalue weighted by Crippen LogP contribution is -2.57. The highest BCUT2D eigenvalue weighted by atomic mass is 15.2. The molecule has 3 atom stereocenters. The molecular weight excluding hydrogens is 210 g/mol. The maximum Gasteiger partial charge on any atom is 0.0169 e. The third-order valence-electron chi connectivity index (χ3n) is 4.34. The largest absolute Gasteiger partial charge is 0.309 e. The zero-order valence-electron chi connectivity index (χ0n) is 11.8. The molecule has 2 fully saturated rings. The maximum atomic E-state index is 3.63. The van der Waals surface area contributed by atoms with Crippen molar-refractivity contribution in [1.82, 2.24) is 15.1 Å². The van der Waals surface area contributed by atoms with Gasteiger partial charge in [0.2, 0.25) is 0 Å². The first-order chi connectivity index (χ1) is 8.19. The lowest BCUT2D eigenvalue weighted by molar-refractivity contribution is 0.112. The van der Waals surface area contributed by atoms with Gasteiger partial charge in [-0.2, -0.15) is 0 Å². The summed E-state index contributed by atoms with van der Waals surface area (Å²) >= 11 is 0. The number of piperazine rings is 1. The lowest BCUT2D eigenvalue weighted by Gasteiger charge is -2.40. The predicted molar refractivity (Wildman–Crippen MR) is 73.4 cm³/mol. The Bertz CT molecular complexity index is 222. The molecule has 0 amide bonds. The molecule has 2 rings (SSSR count). The van der Waals surface area contributed by atoms with Gasteiger partial charge in [-0.05, 0) is 52.7 Å². The highest BCUT2D eigenvalue weighted by Crippen LogP contribution is 2.19. The zero-order chi connectivity index (χ0) is 12.3. The Hall–Kier alpha value is -0.120.